The summed E-state index contributed by atoms with van der Waals surface area (Å²) in [5.41, 5.74) is 4.89. The fourth-order valence-corrected chi connectivity index (χ4v) is 2.70. The van der Waals surface area contributed by atoms with E-state index in [4.69, 9.17) is 0 Å². The topological polar surface area (TPSA) is 25.8 Å². The van der Waals surface area contributed by atoms with E-state index < -0.39 is 11.6 Å². The summed E-state index contributed by atoms with van der Waals surface area (Å²) in [6.45, 7) is 7.74. The van der Waals surface area contributed by atoms with Crippen molar-refractivity contribution < 1.29 is 8.78 Å². The van der Waals surface area contributed by atoms with Gasteiger partial charge in [-0.05, 0) is 67.6 Å². The number of benzene rings is 2. The zero-order valence-corrected chi connectivity index (χ0v) is 14.1. The Labute approximate surface area is 140 Å². The number of halogens is 2. The lowest BCUT2D eigenvalue weighted by Crippen LogP contribution is -1.97. The molecule has 0 aliphatic carbocycles. The molecule has 1 aromatic heterocycles. The molecule has 2 nitrogen and oxygen atoms in total. The summed E-state index contributed by atoms with van der Waals surface area (Å²) in [5, 5.41) is 0. The molecule has 2 aromatic carbocycles. The van der Waals surface area contributed by atoms with Crippen LogP contribution in [0.5, 0.6) is 0 Å². The lowest BCUT2D eigenvalue weighted by Gasteiger charge is -2.12. The van der Waals surface area contributed by atoms with Gasteiger partial charge in [-0.25, -0.2) is 18.7 Å². The molecule has 0 fully saturated rings. The third kappa shape index (κ3) is 2.92. The van der Waals surface area contributed by atoms with Gasteiger partial charge in [0.15, 0.2) is 5.82 Å². The van der Waals surface area contributed by atoms with Gasteiger partial charge in [-0.2, -0.15) is 0 Å². The molecule has 0 N–H and O–H groups in total. The van der Waals surface area contributed by atoms with E-state index in [1.807, 2.05) is 39.8 Å². The summed E-state index contributed by atoms with van der Waals surface area (Å²) < 4.78 is 29.3. The van der Waals surface area contributed by atoms with Crippen LogP contribution in [-0.4, -0.2) is 9.97 Å². The summed E-state index contributed by atoms with van der Waals surface area (Å²) in [6, 6.07) is 6.19. The SMILES string of the molecule is Cc1cnc(-c2cc(F)c(-c3cc(C)c(C)c(C)c3)c(F)c2)nc1. The Morgan fingerprint density at radius 1 is 0.708 bits per heavy atom. The van der Waals surface area contributed by atoms with Crippen LogP contribution in [0.2, 0.25) is 0 Å². The second-order valence-corrected chi connectivity index (χ2v) is 6.13. The van der Waals surface area contributed by atoms with Crippen molar-refractivity contribution in [1.29, 1.82) is 0 Å². The third-order valence-electron chi connectivity index (χ3n) is 4.30. The molecule has 0 saturated carbocycles. The summed E-state index contributed by atoms with van der Waals surface area (Å²) in [5.74, 6) is -0.921. The van der Waals surface area contributed by atoms with Crippen molar-refractivity contribution in [2.45, 2.75) is 27.7 Å². The number of rotatable bonds is 2. The molecular formula is C20H18F2N2. The maximum absolute atomic E-state index is 14.6. The maximum Gasteiger partial charge on any atom is 0.159 e. The van der Waals surface area contributed by atoms with E-state index in [0.29, 0.717) is 17.0 Å². The van der Waals surface area contributed by atoms with E-state index in [2.05, 4.69) is 9.97 Å². The molecule has 122 valence electrons. The smallest absolute Gasteiger partial charge is 0.159 e. The molecule has 3 rings (SSSR count). The standard InChI is InChI=1S/C20H18F2N2/c1-11-9-23-20(24-10-11)16-7-17(21)19(18(22)8-16)15-5-12(2)14(4)13(3)6-15/h5-10H,1-4H3. The Kier molecular flexibility index (Phi) is 4.14. The molecule has 0 radical (unpaired) electrons. The van der Waals surface area contributed by atoms with Gasteiger partial charge in [0, 0.05) is 18.0 Å². The Morgan fingerprint density at radius 3 is 1.71 bits per heavy atom. The zero-order chi connectivity index (χ0) is 17.4. The van der Waals surface area contributed by atoms with Crippen LogP contribution in [0.4, 0.5) is 8.78 Å². The Hall–Kier alpha value is -2.62. The quantitative estimate of drug-likeness (QED) is 0.637. The Balaban J connectivity index is 2.13. The van der Waals surface area contributed by atoms with E-state index in [9.17, 15) is 8.78 Å². The van der Waals surface area contributed by atoms with Gasteiger partial charge in [-0.3, -0.25) is 0 Å². The highest BCUT2D eigenvalue weighted by Crippen LogP contribution is 2.32. The predicted octanol–water partition coefficient (Wildman–Crippen LogP) is 5.32. The highest BCUT2D eigenvalue weighted by Gasteiger charge is 2.16. The highest BCUT2D eigenvalue weighted by molar-refractivity contribution is 5.71. The van der Waals surface area contributed by atoms with Gasteiger partial charge in [0.25, 0.3) is 0 Å². The first-order chi connectivity index (χ1) is 11.4. The van der Waals surface area contributed by atoms with Gasteiger partial charge in [-0.15, -0.1) is 0 Å². The molecule has 1 heterocycles. The van der Waals surface area contributed by atoms with Crippen molar-refractivity contribution in [2.24, 2.45) is 0 Å². The second-order valence-electron chi connectivity index (χ2n) is 6.13. The first-order valence-electron chi connectivity index (χ1n) is 7.73. The van der Waals surface area contributed by atoms with Gasteiger partial charge in [-0.1, -0.05) is 12.1 Å². The van der Waals surface area contributed by atoms with Crippen LogP contribution >= 0.6 is 0 Å². The van der Waals surface area contributed by atoms with Crippen molar-refractivity contribution in [3.63, 3.8) is 0 Å². The van der Waals surface area contributed by atoms with Crippen molar-refractivity contribution in [3.8, 4) is 22.5 Å². The number of aromatic nitrogens is 2. The maximum atomic E-state index is 14.6. The number of nitrogens with zero attached hydrogens (tertiary/aromatic N) is 2. The normalized spacial score (nSPS) is 10.9. The Morgan fingerprint density at radius 2 is 1.21 bits per heavy atom. The summed E-state index contributed by atoms with van der Waals surface area (Å²) in [6.07, 6.45) is 3.25. The van der Waals surface area contributed by atoms with Crippen LogP contribution in [0.1, 0.15) is 22.3 Å². The van der Waals surface area contributed by atoms with Crippen molar-refractivity contribution in [2.75, 3.05) is 0 Å². The monoisotopic (exact) mass is 324 g/mol. The van der Waals surface area contributed by atoms with Gasteiger partial charge >= 0.3 is 0 Å². The van der Waals surface area contributed by atoms with Gasteiger partial charge in [0.05, 0.1) is 5.56 Å². The summed E-state index contributed by atoms with van der Waals surface area (Å²) >= 11 is 0. The van der Waals surface area contributed by atoms with Crippen molar-refractivity contribution in [3.05, 3.63) is 70.5 Å². The fourth-order valence-electron chi connectivity index (χ4n) is 2.70. The van der Waals surface area contributed by atoms with E-state index in [1.165, 1.54) is 12.1 Å². The fraction of sp³-hybridized carbons (Fsp3) is 0.200. The molecule has 0 aliphatic rings. The minimum absolute atomic E-state index is 0.0166. The van der Waals surface area contributed by atoms with E-state index in [1.54, 1.807) is 12.4 Å². The molecule has 4 heteroatoms. The molecule has 3 aromatic rings. The molecule has 0 amide bonds. The second kappa shape index (κ2) is 6.11. The number of aryl methyl sites for hydroxylation is 3. The van der Waals surface area contributed by atoms with Crippen LogP contribution in [0.15, 0.2) is 36.7 Å². The lowest BCUT2D eigenvalue weighted by molar-refractivity contribution is 0.590. The molecule has 0 spiro atoms. The van der Waals surface area contributed by atoms with Crippen LogP contribution in [-0.2, 0) is 0 Å². The first kappa shape index (κ1) is 16.2. The minimum Gasteiger partial charge on any atom is -0.236 e. The number of hydrogen-bond donors (Lipinski definition) is 0. The summed E-state index contributed by atoms with van der Waals surface area (Å²) in [4.78, 5) is 8.26. The van der Waals surface area contributed by atoms with E-state index in [-0.39, 0.29) is 5.56 Å². The first-order valence-corrected chi connectivity index (χ1v) is 7.73. The highest BCUT2D eigenvalue weighted by atomic mass is 19.1. The average Bonchev–Trinajstić information content (AvgIpc) is 2.52. The van der Waals surface area contributed by atoms with Crippen LogP contribution in [0.25, 0.3) is 22.5 Å². The van der Waals surface area contributed by atoms with Gasteiger partial charge < -0.3 is 0 Å². The molecule has 0 bridgehead atoms. The van der Waals surface area contributed by atoms with Crippen molar-refractivity contribution in [1.82, 2.24) is 9.97 Å². The van der Waals surface area contributed by atoms with Gasteiger partial charge in [0.2, 0.25) is 0 Å². The molecule has 24 heavy (non-hydrogen) atoms. The third-order valence-corrected chi connectivity index (χ3v) is 4.30. The van der Waals surface area contributed by atoms with Gasteiger partial charge in [0.1, 0.15) is 11.6 Å². The van der Waals surface area contributed by atoms with E-state index in [0.717, 1.165) is 22.3 Å². The predicted molar refractivity (Wildman–Crippen MR) is 91.8 cm³/mol. The van der Waals surface area contributed by atoms with Crippen LogP contribution < -0.4 is 0 Å². The molecule has 0 saturated heterocycles. The van der Waals surface area contributed by atoms with E-state index >= 15 is 0 Å². The largest absolute Gasteiger partial charge is 0.236 e. The van der Waals surface area contributed by atoms with Crippen LogP contribution in [0.3, 0.4) is 0 Å². The minimum atomic E-state index is -0.614. The van der Waals surface area contributed by atoms with Crippen molar-refractivity contribution >= 4 is 0 Å². The Bertz CT molecular complexity index is 869. The molecule has 0 unspecified atom stereocenters. The molecular weight excluding hydrogens is 306 g/mol. The molecule has 0 atom stereocenters. The average molecular weight is 324 g/mol. The van der Waals surface area contributed by atoms with Crippen LogP contribution in [0, 0.1) is 39.3 Å². The number of hydrogen-bond acceptors (Lipinski definition) is 2. The zero-order valence-electron chi connectivity index (χ0n) is 14.1. The molecule has 0 aliphatic heterocycles. The summed E-state index contributed by atoms with van der Waals surface area (Å²) in [7, 11) is 0. The lowest BCUT2D eigenvalue weighted by atomic mass is 9.95.